The number of thiazole rings is 1. The van der Waals surface area contributed by atoms with Gasteiger partial charge in [0.1, 0.15) is 0 Å². The van der Waals surface area contributed by atoms with Crippen molar-refractivity contribution in [2.45, 2.75) is 19.8 Å². The van der Waals surface area contributed by atoms with Crippen molar-refractivity contribution in [3.8, 4) is 0 Å². The summed E-state index contributed by atoms with van der Waals surface area (Å²) >= 11 is 7.67. The largest absolute Gasteiger partial charge is 0.356 e. The van der Waals surface area contributed by atoms with Crippen molar-refractivity contribution in [2.24, 2.45) is 4.99 Å². The Labute approximate surface area is 140 Å². The highest BCUT2D eigenvalue weighted by atomic mass is 35.5. The Bertz CT molecular complexity index is 624. The maximum Gasteiger partial charge on any atom is 0.190 e. The molecule has 0 spiro atoms. The monoisotopic (exact) mass is 336 g/mol. The molecule has 0 unspecified atom stereocenters. The van der Waals surface area contributed by atoms with E-state index in [2.05, 4.69) is 32.1 Å². The number of aliphatic imine (C=N–C) groups is 1. The van der Waals surface area contributed by atoms with Gasteiger partial charge in [-0.15, -0.1) is 11.3 Å². The number of benzene rings is 1. The number of hydrogen-bond acceptors (Lipinski definition) is 3. The van der Waals surface area contributed by atoms with E-state index in [0.29, 0.717) is 0 Å². The van der Waals surface area contributed by atoms with Crippen LogP contribution in [0.2, 0.25) is 5.02 Å². The van der Waals surface area contributed by atoms with Crippen molar-refractivity contribution in [1.29, 1.82) is 0 Å². The van der Waals surface area contributed by atoms with Crippen LogP contribution in [0.15, 0.2) is 34.6 Å². The molecule has 2 rings (SSSR count). The van der Waals surface area contributed by atoms with Crippen LogP contribution in [0.3, 0.4) is 0 Å². The van der Waals surface area contributed by atoms with Gasteiger partial charge in [-0.2, -0.15) is 0 Å². The molecule has 0 aliphatic rings. The zero-order valence-corrected chi connectivity index (χ0v) is 14.5. The van der Waals surface area contributed by atoms with Gasteiger partial charge >= 0.3 is 0 Å². The van der Waals surface area contributed by atoms with Crippen LogP contribution in [0.25, 0.3) is 0 Å². The van der Waals surface area contributed by atoms with Crippen molar-refractivity contribution in [1.82, 2.24) is 15.6 Å². The predicted molar refractivity (Wildman–Crippen MR) is 95.1 cm³/mol. The molecule has 1 aromatic carbocycles. The molecule has 0 radical (unpaired) electrons. The number of nitrogens with zero attached hydrogens (tertiary/aromatic N) is 2. The first-order valence-electron chi connectivity index (χ1n) is 7.27. The molecule has 1 aromatic heterocycles. The van der Waals surface area contributed by atoms with E-state index in [1.165, 1.54) is 5.56 Å². The number of guanidine groups is 1. The number of rotatable bonds is 6. The summed E-state index contributed by atoms with van der Waals surface area (Å²) in [6.45, 7) is 3.66. The first kappa shape index (κ1) is 16.8. The van der Waals surface area contributed by atoms with E-state index in [4.69, 9.17) is 11.6 Å². The minimum Gasteiger partial charge on any atom is -0.356 e. The molecule has 0 bridgehead atoms. The first-order valence-corrected chi connectivity index (χ1v) is 8.53. The number of halogens is 1. The number of aryl methyl sites for hydroxylation is 1. The lowest BCUT2D eigenvalue weighted by Gasteiger charge is -2.11. The number of aromatic nitrogens is 1. The van der Waals surface area contributed by atoms with Crippen molar-refractivity contribution >= 4 is 28.9 Å². The summed E-state index contributed by atoms with van der Waals surface area (Å²) in [5.74, 6) is 0.814. The van der Waals surface area contributed by atoms with E-state index in [0.717, 1.165) is 47.6 Å². The standard InChI is InChI=1S/C16H21ClN4S/c1-12-21-15(11-22-12)7-9-20-16(18-2)19-8-6-13-4-3-5-14(17)10-13/h3-5,10-11H,6-9H2,1-2H3,(H2,18,19,20). The molecule has 0 amide bonds. The molecular formula is C16H21ClN4S. The van der Waals surface area contributed by atoms with Gasteiger partial charge in [-0.3, -0.25) is 4.99 Å². The average Bonchev–Trinajstić information content (AvgIpc) is 2.91. The van der Waals surface area contributed by atoms with Gasteiger partial charge < -0.3 is 10.6 Å². The molecule has 4 nitrogen and oxygen atoms in total. The van der Waals surface area contributed by atoms with Gasteiger partial charge in [-0.25, -0.2) is 4.98 Å². The predicted octanol–water partition coefficient (Wildman–Crippen LogP) is 3.06. The summed E-state index contributed by atoms with van der Waals surface area (Å²) in [5, 5.41) is 10.6. The Hall–Kier alpha value is -1.59. The van der Waals surface area contributed by atoms with Gasteiger partial charge in [0.25, 0.3) is 0 Å². The Kier molecular flexibility index (Phi) is 6.68. The first-order chi connectivity index (χ1) is 10.7. The second kappa shape index (κ2) is 8.76. The van der Waals surface area contributed by atoms with Gasteiger partial charge in [-0.1, -0.05) is 23.7 Å². The quantitative estimate of drug-likeness (QED) is 0.629. The van der Waals surface area contributed by atoms with Gasteiger partial charge in [-0.05, 0) is 31.0 Å². The van der Waals surface area contributed by atoms with Crippen LogP contribution < -0.4 is 10.6 Å². The molecule has 22 heavy (non-hydrogen) atoms. The second-order valence-electron chi connectivity index (χ2n) is 4.91. The Morgan fingerprint density at radius 2 is 2.05 bits per heavy atom. The smallest absolute Gasteiger partial charge is 0.190 e. The zero-order valence-electron chi connectivity index (χ0n) is 12.9. The third-order valence-electron chi connectivity index (χ3n) is 3.16. The summed E-state index contributed by atoms with van der Waals surface area (Å²) in [7, 11) is 1.78. The molecule has 1 heterocycles. The summed E-state index contributed by atoms with van der Waals surface area (Å²) in [6.07, 6.45) is 1.81. The van der Waals surface area contributed by atoms with Gasteiger partial charge in [0, 0.05) is 37.0 Å². The maximum atomic E-state index is 5.98. The fourth-order valence-electron chi connectivity index (χ4n) is 2.07. The zero-order chi connectivity index (χ0) is 15.8. The Balaban J connectivity index is 1.69. The van der Waals surface area contributed by atoms with Crippen LogP contribution in [0.4, 0.5) is 0 Å². The van der Waals surface area contributed by atoms with E-state index < -0.39 is 0 Å². The van der Waals surface area contributed by atoms with Crippen LogP contribution in [0.5, 0.6) is 0 Å². The molecule has 0 aliphatic heterocycles. The maximum absolute atomic E-state index is 5.98. The highest BCUT2D eigenvalue weighted by Crippen LogP contribution is 2.10. The summed E-state index contributed by atoms with van der Waals surface area (Å²) in [5.41, 5.74) is 2.35. The fourth-order valence-corrected chi connectivity index (χ4v) is 2.93. The van der Waals surface area contributed by atoms with E-state index in [1.54, 1.807) is 18.4 Å². The number of hydrogen-bond donors (Lipinski definition) is 2. The van der Waals surface area contributed by atoms with Crippen LogP contribution in [0, 0.1) is 6.92 Å². The third-order valence-corrected chi connectivity index (χ3v) is 4.22. The number of nitrogens with one attached hydrogen (secondary N) is 2. The highest BCUT2D eigenvalue weighted by Gasteiger charge is 2.01. The molecule has 2 aromatic rings. The Morgan fingerprint density at radius 1 is 1.27 bits per heavy atom. The SMILES string of the molecule is CN=C(NCCc1cccc(Cl)c1)NCCc1csc(C)n1. The second-order valence-corrected chi connectivity index (χ2v) is 6.41. The minimum absolute atomic E-state index is 0.776. The molecule has 0 aliphatic carbocycles. The summed E-state index contributed by atoms with van der Waals surface area (Å²) < 4.78 is 0. The van der Waals surface area contributed by atoms with Gasteiger partial charge in [0.2, 0.25) is 0 Å². The van der Waals surface area contributed by atoms with E-state index in [1.807, 2.05) is 25.1 Å². The summed E-state index contributed by atoms with van der Waals surface area (Å²) in [6, 6.07) is 7.93. The molecule has 0 atom stereocenters. The Morgan fingerprint density at radius 3 is 2.68 bits per heavy atom. The topological polar surface area (TPSA) is 49.3 Å². The molecule has 2 N–H and O–H groups in total. The molecule has 0 saturated heterocycles. The normalized spacial score (nSPS) is 11.5. The van der Waals surface area contributed by atoms with E-state index in [9.17, 15) is 0 Å². The molecule has 0 saturated carbocycles. The fraction of sp³-hybridized carbons (Fsp3) is 0.375. The lowest BCUT2D eigenvalue weighted by atomic mass is 10.1. The lowest BCUT2D eigenvalue weighted by Crippen LogP contribution is -2.39. The van der Waals surface area contributed by atoms with E-state index >= 15 is 0 Å². The highest BCUT2D eigenvalue weighted by molar-refractivity contribution is 7.09. The van der Waals surface area contributed by atoms with Crippen LogP contribution in [-0.2, 0) is 12.8 Å². The third kappa shape index (κ3) is 5.66. The van der Waals surface area contributed by atoms with Gasteiger partial charge in [0.05, 0.1) is 10.7 Å². The van der Waals surface area contributed by atoms with Crippen LogP contribution >= 0.6 is 22.9 Å². The van der Waals surface area contributed by atoms with Crippen LogP contribution in [-0.4, -0.2) is 31.1 Å². The average molecular weight is 337 g/mol. The van der Waals surface area contributed by atoms with Crippen molar-refractivity contribution in [3.63, 3.8) is 0 Å². The summed E-state index contributed by atoms with van der Waals surface area (Å²) in [4.78, 5) is 8.67. The van der Waals surface area contributed by atoms with Crippen molar-refractivity contribution in [3.05, 3.63) is 50.9 Å². The van der Waals surface area contributed by atoms with Crippen molar-refractivity contribution in [2.75, 3.05) is 20.1 Å². The van der Waals surface area contributed by atoms with E-state index in [-0.39, 0.29) is 0 Å². The molecular weight excluding hydrogens is 316 g/mol. The van der Waals surface area contributed by atoms with Crippen molar-refractivity contribution < 1.29 is 0 Å². The van der Waals surface area contributed by atoms with Gasteiger partial charge in [0.15, 0.2) is 5.96 Å². The molecule has 6 heteroatoms. The lowest BCUT2D eigenvalue weighted by molar-refractivity contribution is 0.777. The molecule has 0 fully saturated rings. The minimum atomic E-state index is 0.776. The molecule has 118 valence electrons. The van der Waals surface area contributed by atoms with Crippen LogP contribution in [0.1, 0.15) is 16.3 Å².